The van der Waals surface area contributed by atoms with Crippen LogP contribution in [0.2, 0.25) is 0 Å². The highest BCUT2D eigenvalue weighted by Gasteiger charge is 2.27. The van der Waals surface area contributed by atoms with E-state index in [1.807, 2.05) is 20.8 Å². The van der Waals surface area contributed by atoms with Crippen LogP contribution in [0.4, 0.5) is 4.79 Å². The molecule has 2 N–H and O–H groups in total. The van der Waals surface area contributed by atoms with Crippen LogP contribution in [0, 0.1) is 5.92 Å². The Hall–Kier alpha value is -1.26. The Labute approximate surface area is 140 Å². The van der Waals surface area contributed by atoms with E-state index in [0.29, 0.717) is 12.3 Å². The minimum atomic E-state index is -0.565. The van der Waals surface area contributed by atoms with Gasteiger partial charge in [-0.2, -0.15) is 0 Å². The molecule has 0 aromatic heterocycles. The lowest BCUT2D eigenvalue weighted by Crippen LogP contribution is -2.51. The fourth-order valence-corrected chi connectivity index (χ4v) is 2.80. The van der Waals surface area contributed by atoms with E-state index in [1.165, 1.54) is 19.3 Å². The van der Waals surface area contributed by atoms with Crippen LogP contribution in [0.25, 0.3) is 0 Å². The number of hydrogen-bond donors (Lipinski definition) is 2. The highest BCUT2D eigenvalue weighted by Crippen LogP contribution is 2.18. The SMILES string of the molecule is CCC(C)CC(NC(=O)OC(C)(C)C)C(=O)NC1CCCCC1. The number of nitrogens with one attached hydrogen (secondary N) is 2. The lowest BCUT2D eigenvalue weighted by molar-refractivity contribution is -0.124. The summed E-state index contributed by atoms with van der Waals surface area (Å²) in [7, 11) is 0. The van der Waals surface area contributed by atoms with Gasteiger partial charge in [0.1, 0.15) is 11.6 Å². The van der Waals surface area contributed by atoms with E-state index in [1.54, 1.807) is 0 Å². The van der Waals surface area contributed by atoms with Gasteiger partial charge >= 0.3 is 6.09 Å². The molecule has 1 aliphatic rings. The number of carbonyl (C=O) groups excluding carboxylic acids is 2. The van der Waals surface area contributed by atoms with Crippen LogP contribution in [0.15, 0.2) is 0 Å². The van der Waals surface area contributed by atoms with Crippen LogP contribution < -0.4 is 10.6 Å². The number of amides is 2. The first kappa shape index (κ1) is 19.8. The normalized spacial score (nSPS) is 18.8. The summed E-state index contributed by atoms with van der Waals surface area (Å²) in [5.74, 6) is 0.287. The van der Waals surface area contributed by atoms with Gasteiger partial charge in [-0.3, -0.25) is 4.79 Å². The average molecular weight is 326 g/mol. The molecule has 5 nitrogen and oxygen atoms in total. The zero-order chi connectivity index (χ0) is 17.5. The van der Waals surface area contributed by atoms with Crippen LogP contribution in [0.1, 0.15) is 79.6 Å². The zero-order valence-electron chi connectivity index (χ0n) is 15.4. The molecule has 2 amide bonds. The predicted molar refractivity (Wildman–Crippen MR) is 92.2 cm³/mol. The number of carbonyl (C=O) groups is 2. The summed E-state index contributed by atoms with van der Waals surface area (Å²) in [6.07, 6.45) is 6.74. The molecule has 23 heavy (non-hydrogen) atoms. The highest BCUT2D eigenvalue weighted by molar-refractivity contribution is 5.85. The Bertz CT molecular complexity index is 384. The Morgan fingerprint density at radius 3 is 2.30 bits per heavy atom. The number of alkyl carbamates (subject to hydrolysis) is 1. The Morgan fingerprint density at radius 1 is 1.17 bits per heavy atom. The van der Waals surface area contributed by atoms with Gasteiger partial charge in [-0.1, -0.05) is 39.5 Å². The molecular weight excluding hydrogens is 292 g/mol. The second kappa shape index (κ2) is 9.14. The first-order chi connectivity index (χ1) is 10.7. The lowest BCUT2D eigenvalue weighted by Gasteiger charge is -2.28. The molecule has 0 heterocycles. The van der Waals surface area contributed by atoms with Crippen molar-refractivity contribution in [2.75, 3.05) is 0 Å². The summed E-state index contributed by atoms with van der Waals surface area (Å²) in [5, 5.41) is 5.86. The molecule has 1 rings (SSSR count). The van der Waals surface area contributed by atoms with E-state index in [2.05, 4.69) is 24.5 Å². The molecule has 1 fully saturated rings. The van der Waals surface area contributed by atoms with Gasteiger partial charge in [0.05, 0.1) is 0 Å². The minimum Gasteiger partial charge on any atom is -0.444 e. The van der Waals surface area contributed by atoms with E-state index in [-0.39, 0.29) is 11.9 Å². The first-order valence-electron chi connectivity index (χ1n) is 9.01. The molecule has 0 radical (unpaired) electrons. The van der Waals surface area contributed by atoms with Crippen LogP contribution in [-0.4, -0.2) is 29.7 Å². The molecule has 2 unspecified atom stereocenters. The summed E-state index contributed by atoms with van der Waals surface area (Å²) < 4.78 is 5.29. The fourth-order valence-electron chi connectivity index (χ4n) is 2.80. The first-order valence-corrected chi connectivity index (χ1v) is 9.01. The second-order valence-corrected chi connectivity index (χ2v) is 7.79. The lowest BCUT2D eigenvalue weighted by atomic mass is 9.94. The molecule has 1 saturated carbocycles. The molecule has 0 spiro atoms. The molecular formula is C18H34N2O3. The monoisotopic (exact) mass is 326 g/mol. The number of hydrogen-bond acceptors (Lipinski definition) is 3. The maximum absolute atomic E-state index is 12.6. The van der Waals surface area contributed by atoms with Gasteiger partial charge in [0.25, 0.3) is 0 Å². The molecule has 2 atom stereocenters. The van der Waals surface area contributed by atoms with Crippen molar-refractivity contribution in [3.8, 4) is 0 Å². The van der Waals surface area contributed by atoms with Crippen LogP contribution in [-0.2, 0) is 9.53 Å². The smallest absolute Gasteiger partial charge is 0.408 e. The third-order valence-corrected chi connectivity index (χ3v) is 4.29. The maximum Gasteiger partial charge on any atom is 0.408 e. The van der Waals surface area contributed by atoms with Gasteiger partial charge in [-0.25, -0.2) is 4.79 Å². The zero-order valence-corrected chi connectivity index (χ0v) is 15.4. The fraction of sp³-hybridized carbons (Fsp3) is 0.889. The largest absolute Gasteiger partial charge is 0.444 e. The highest BCUT2D eigenvalue weighted by atomic mass is 16.6. The summed E-state index contributed by atoms with van der Waals surface area (Å²) in [5.41, 5.74) is -0.565. The van der Waals surface area contributed by atoms with Crippen molar-refractivity contribution in [3.63, 3.8) is 0 Å². The van der Waals surface area contributed by atoms with E-state index < -0.39 is 17.7 Å². The number of ether oxygens (including phenoxy) is 1. The van der Waals surface area contributed by atoms with Crippen molar-refractivity contribution in [3.05, 3.63) is 0 Å². The molecule has 0 aromatic rings. The van der Waals surface area contributed by atoms with Crippen LogP contribution in [0.3, 0.4) is 0 Å². The van der Waals surface area contributed by atoms with E-state index in [4.69, 9.17) is 4.74 Å². The van der Waals surface area contributed by atoms with Crippen molar-refractivity contribution in [1.82, 2.24) is 10.6 Å². The van der Waals surface area contributed by atoms with Crippen molar-refractivity contribution >= 4 is 12.0 Å². The molecule has 0 bridgehead atoms. The summed E-state index contributed by atoms with van der Waals surface area (Å²) in [6, 6.07) is -0.280. The van der Waals surface area contributed by atoms with Gasteiger partial charge in [0.2, 0.25) is 5.91 Å². The van der Waals surface area contributed by atoms with Crippen molar-refractivity contribution in [2.45, 2.75) is 97.2 Å². The van der Waals surface area contributed by atoms with Crippen LogP contribution in [0.5, 0.6) is 0 Å². The standard InChI is InChI=1S/C18H34N2O3/c1-6-13(2)12-15(20-17(22)23-18(3,4)5)16(21)19-14-10-8-7-9-11-14/h13-15H,6-12H2,1-5H3,(H,19,21)(H,20,22). The quantitative estimate of drug-likeness (QED) is 0.781. The van der Waals surface area contributed by atoms with Gasteiger partial charge in [-0.15, -0.1) is 0 Å². The topological polar surface area (TPSA) is 67.4 Å². The van der Waals surface area contributed by atoms with E-state index >= 15 is 0 Å². The van der Waals surface area contributed by atoms with Gasteiger partial charge in [0, 0.05) is 6.04 Å². The Morgan fingerprint density at radius 2 is 1.78 bits per heavy atom. The molecule has 1 aliphatic carbocycles. The maximum atomic E-state index is 12.6. The van der Waals surface area contributed by atoms with Crippen molar-refractivity contribution in [1.29, 1.82) is 0 Å². The third kappa shape index (κ3) is 8.24. The van der Waals surface area contributed by atoms with Gasteiger partial charge in [0.15, 0.2) is 0 Å². The minimum absolute atomic E-state index is 0.0805. The van der Waals surface area contributed by atoms with Crippen molar-refractivity contribution in [2.24, 2.45) is 5.92 Å². The van der Waals surface area contributed by atoms with E-state index in [9.17, 15) is 9.59 Å². The Balaban J connectivity index is 2.62. The molecule has 0 saturated heterocycles. The van der Waals surface area contributed by atoms with Crippen LogP contribution >= 0.6 is 0 Å². The average Bonchev–Trinajstić information content (AvgIpc) is 2.45. The second-order valence-electron chi connectivity index (χ2n) is 7.79. The summed E-state index contributed by atoms with van der Waals surface area (Å²) in [6.45, 7) is 9.64. The molecule has 0 aliphatic heterocycles. The number of rotatable bonds is 6. The van der Waals surface area contributed by atoms with Crippen molar-refractivity contribution < 1.29 is 14.3 Å². The van der Waals surface area contributed by atoms with E-state index in [0.717, 1.165) is 19.3 Å². The summed E-state index contributed by atoms with van der Waals surface area (Å²) in [4.78, 5) is 24.6. The predicted octanol–water partition coefficient (Wildman–Crippen LogP) is 3.76. The Kier molecular flexibility index (Phi) is 7.86. The molecule has 134 valence electrons. The molecule has 0 aromatic carbocycles. The van der Waals surface area contributed by atoms with Gasteiger partial charge < -0.3 is 15.4 Å². The summed E-state index contributed by atoms with van der Waals surface area (Å²) >= 11 is 0. The third-order valence-electron chi connectivity index (χ3n) is 4.29. The molecule has 5 heteroatoms. The van der Waals surface area contributed by atoms with Gasteiger partial charge in [-0.05, 0) is 46.0 Å².